The summed E-state index contributed by atoms with van der Waals surface area (Å²) in [6.45, 7) is 4.79. The van der Waals surface area contributed by atoms with Crippen molar-refractivity contribution in [3.63, 3.8) is 0 Å². The Hall–Kier alpha value is -1.44. The summed E-state index contributed by atoms with van der Waals surface area (Å²) in [5.41, 5.74) is 1.26. The third-order valence-electron chi connectivity index (χ3n) is 6.07. The largest absolute Gasteiger partial charge is 0.382 e. The van der Waals surface area contributed by atoms with Gasteiger partial charge in [0, 0.05) is 45.8 Å². The van der Waals surface area contributed by atoms with Crippen LogP contribution >= 0.6 is 0 Å². The van der Waals surface area contributed by atoms with Crippen LogP contribution in [0.3, 0.4) is 0 Å². The van der Waals surface area contributed by atoms with Gasteiger partial charge >= 0.3 is 0 Å². The summed E-state index contributed by atoms with van der Waals surface area (Å²) in [5, 5.41) is 0. The number of ether oxygens (including phenoxy) is 1. The predicted molar refractivity (Wildman–Crippen MR) is 113 cm³/mol. The van der Waals surface area contributed by atoms with E-state index in [-0.39, 0.29) is 5.91 Å². The maximum absolute atomic E-state index is 13.0. The van der Waals surface area contributed by atoms with Gasteiger partial charge in [0.05, 0.1) is 4.90 Å². The Morgan fingerprint density at radius 1 is 1.03 bits per heavy atom. The minimum absolute atomic E-state index is 0.0820. The number of carbonyl (C=O) groups excluding carboxylic acids is 1. The van der Waals surface area contributed by atoms with Crippen molar-refractivity contribution in [3.8, 4) is 0 Å². The van der Waals surface area contributed by atoms with Crippen LogP contribution in [0.4, 0.5) is 0 Å². The summed E-state index contributed by atoms with van der Waals surface area (Å²) < 4.78 is 32.8. The van der Waals surface area contributed by atoms with Crippen molar-refractivity contribution in [2.45, 2.75) is 62.7 Å². The Bertz CT molecular complexity index is 750. The van der Waals surface area contributed by atoms with Crippen molar-refractivity contribution in [2.24, 2.45) is 0 Å². The fourth-order valence-electron chi connectivity index (χ4n) is 4.30. The minimum atomic E-state index is -3.51. The van der Waals surface area contributed by atoms with E-state index in [2.05, 4.69) is 0 Å². The van der Waals surface area contributed by atoms with Crippen molar-refractivity contribution >= 4 is 15.9 Å². The summed E-state index contributed by atoms with van der Waals surface area (Å²) in [4.78, 5) is 14.4. The quantitative estimate of drug-likeness (QED) is 0.603. The Morgan fingerprint density at radius 2 is 1.69 bits per heavy atom. The molecule has 1 saturated carbocycles. The molecule has 1 heterocycles. The lowest BCUT2D eigenvalue weighted by molar-refractivity contribution is -0.132. The van der Waals surface area contributed by atoms with Gasteiger partial charge in [-0.05, 0) is 49.8 Å². The van der Waals surface area contributed by atoms with E-state index < -0.39 is 10.0 Å². The van der Waals surface area contributed by atoms with Gasteiger partial charge in [0.15, 0.2) is 0 Å². The van der Waals surface area contributed by atoms with Crippen molar-refractivity contribution in [1.29, 1.82) is 0 Å². The maximum atomic E-state index is 13.0. The second-order valence-electron chi connectivity index (χ2n) is 7.99. The fraction of sp³-hybridized carbons (Fsp3) is 0.682. The zero-order valence-electron chi connectivity index (χ0n) is 17.5. The average Bonchev–Trinajstić information content (AvgIpc) is 2.77. The standard InChI is InChI=1S/C22H34N2O4S/c1-2-28-18-6-9-22(25)23-14-16-24(17-15-23)29(26,27)21-12-10-20(11-13-21)19-7-4-3-5-8-19/h10-13,19H,2-9,14-18H2,1H3. The number of piperazine rings is 1. The van der Waals surface area contributed by atoms with E-state index in [4.69, 9.17) is 4.74 Å². The molecule has 1 aromatic rings. The van der Waals surface area contributed by atoms with Crippen LogP contribution < -0.4 is 0 Å². The molecule has 0 N–H and O–H groups in total. The molecule has 2 fully saturated rings. The highest BCUT2D eigenvalue weighted by atomic mass is 32.2. The zero-order chi connectivity index (χ0) is 20.7. The number of nitrogens with zero attached hydrogens (tertiary/aromatic N) is 2. The molecule has 0 bridgehead atoms. The predicted octanol–water partition coefficient (Wildman–Crippen LogP) is 3.38. The monoisotopic (exact) mass is 422 g/mol. The lowest BCUT2D eigenvalue weighted by Gasteiger charge is -2.34. The summed E-state index contributed by atoms with van der Waals surface area (Å²) in [6, 6.07) is 7.48. The van der Waals surface area contributed by atoms with Crippen LogP contribution in [-0.4, -0.2) is 62.9 Å². The molecule has 1 amide bonds. The van der Waals surface area contributed by atoms with Gasteiger partial charge in [0.25, 0.3) is 0 Å². The second-order valence-corrected chi connectivity index (χ2v) is 9.93. The number of benzene rings is 1. The molecule has 2 aliphatic rings. The topological polar surface area (TPSA) is 66.9 Å². The highest BCUT2D eigenvalue weighted by molar-refractivity contribution is 7.89. The van der Waals surface area contributed by atoms with Crippen molar-refractivity contribution in [2.75, 3.05) is 39.4 Å². The summed E-state index contributed by atoms with van der Waals surface area (Å²) in [6.07, 6.45) is 7.40. The SMILES string of the molecule is CCOCCCC(=O)N1CCN(S(=O)(=O)c2ccc(C3CCCCC3)cc2)CC1. The summed E-state index contributed by atoms with van der Waals surface area (Å²) in [7, 11) is -3.51. The van der Waals surface area contributed by atoms with E-state index in [9.17, 15) is 13.2 Å². The van der Waals surface area contributed by atoms with E-state index >= 15 is 0 Å². The van der Waals surface area contributed by atoms with Gasteiger partial charge in [0.2, 0.25) is 15.9 Å². The van der Waals surface area contributed by atoms with Gasteiger partial charge in [-0.15, -0.1) is 0 Å². The van der Waals surface area contributed by atoms with Crippen LogP contribution in [0.1, 0.15) is 63.4 Å². The highest BCUT2D eigenvalue weighted by Gasteiger charge is 2.30. The Labute approximate surface area is 175 Å². The molecule has 1 aliphatic carbocycles. The first-order valence-corrected chi connectivity index (χ1v) is 12.4. The zero-order valence-corrected chi connectivity index (χ0v) is 18.3. The molecule has 0 aromatic heterocycles. The summed E-state index contributed by atoms with van der Waals surface area (Å²) >= 11 is 0. The number of amides is 1. The van der Waals surface area contributed by atoms with Crippen molar-refractivity contribution in [3.05, 3.63) is 29.8 Å². The smallest absolute Gasteiger partial charge is 0.243 e. The molecule has 0 atom stereocenters. The molecule has 1 saturated heterocycles. The first-order chi connectivity index (χ1) is 14.0. The molecule has 29 heavy (non-hydrogen) atoms. The lowest BCUT2D eigenvalue weighted by Crippen LogP contribution is -2.50. The first-order valence-electron chi connectivity index (χ1n) is 11.0. The second kappa shape index (κ2) is 10.5. The van der Waals surface area contributed by atoms with E-state index in [1.807, 2.05) is 19.1 Å². The molecule has 162 valence electrons. The van der Waals surface area contributed by atoms with E-state index in [0.29, 0.717) is 63.0 Å². The average molecular weight is 423 g/mol. The van der Waals surface area contributed by atoms with E-state index in [1.165, 1.54) is 42.0 Å². The normalized spacial score (nSPS) is 19.4. The Morgan fingerprint density at radius 3 is 2.31 bits per heavy atom. The van der Waals surface area contributed by atoms with Gasteiger partial charge in [-0.2, -0.15) is 4.31 Å². The third-order valence-corrected chi connectivity index (χ3v) is 7.98. The van der Waals surface area contributed by atoms with Gasteiger partial charge < -0.3 is 9.64 Å². The summed E-state index contributed by atoms with van der Waals surface area (Å²) in [5.74, 6) is 0.649. The molecule has 0 spiro atoms. The molecule has 6 nitrogen and oxygen atoms in total. The maximum Gasteiger partial charge on any atom is 0.243 e. The molecule has 1 aromatic carbocycles. The minimum Gasteiger partial charge on any atom is -0.382 e. The van der Waals surface area contributed by atoms with Gasteiger partial charge in [-0.1, -0.05) is 31.4 Å². The Kier molecular flexibility index (Phi) is 8.09. The van der Waals surface area contributed by atoms with E-state index in [0.717, 1.165) is 0 Å². The van der Waals surface area contributed by atoms with Crippen LogP contribution in [0, 0.1) is 0 Å². The Balaban J connectivity index is 1.53. The van der Waals surface area contributed by atoms with Gasteiger partial charge in [-0.25, -0.2) is 8.42 Å². The van der Waals surface area contributed by atoms with Crippen LogP contribution in [0.25, 0.3) is 0 Å². The van der Waals surface area contributed by atoms with Crippen LogP contribution in [0.15, 0.2) is 29.2 Å². The third kappa shape index (κ3) is 5.80. The lowest BCUT2D eigenvalue weighted by atomic mass is 9.84. The number of rotatable bonds is 8. The fourth-order valence-corrected chi connectivity index (χ4v) is 5.72. The van der Waals surface area contributed by atoms with Crippen molar-refractivity contribution < 1.29 is 17.9 Å². The molecule has 3 rings (SSSR count). The molecule has 7 heteroatoms. The number of carbonyl (C=O) groups is 1. The van der Waals surface area contributed by atoms with Gasteiger partial charge in [0.1, 0.15) is 0 Å². The van der Waals surface area contributed by atoms with Crippen LogP contribution in [0.2, 0.25) is 0 Å². The molecule has 0 unspecified atom stereocenters. The van der Waals surface area contributed by atoms with E-state index in [1.54, 1.807) is 17.0 Å². The number of hydrogen-bond donors (Lipinski definition) is 0. The van der Waals surface area contributed by atoms with Crippen LogP contribution in [-0.2, 0) is 19.6 Å². The molecule has 1 aliphatic heterocycles. The molecular weight excluding hydrogens is 388 g/mol. The highest BCUT2D eigenvalue weighted by Crippen LogP contribution is 2.33. The van der Waals surface area contributed by atoms with Crippen molar-refractivity contribution in [1.82, 2.24) is 9.21 Å². The molecule has 0 radical (unpaired) electrons. The number of hydrogen-bond acceptors (Lipinski definition) is 4. The first kappa shape index (κ1) is 22.2. The number of sulfonamides is 1. The molecular formula is C22H34N2O4S. The van der Waals surface area contributed by atoms with Crippen LogP contribution in [0.5, 0.6) is 0 Å². The van der Waals surface area contributed by atoms with Gasteiger partial charge in [-0.3, -0.25) is 4.79 Å².